The van der Waals surface area contributed by atoms with Crippen LogP contribution in [0, 0.1) is 0 Å². The molecular weight excluding hydrogens is 329 g/mol. The molecule has 2 amide bonds. The van der Waals surface area contributed by atoms with Crippen LogP contribution < -0.4 is 16.2 Å². The highest BCUT2D eigenvalue weighted by Crippen LogP contribution is 2.24. The van der Waals surface area contributed by atoms with Gasteiger partial charge >= 0.3 is 6.03 Å². The fraction of sp³-hybridized carbons (Fsp3) is 0. The van der Waals surface area contributed by atoms with Gasteiger partial charge < -0.3 is 5.32 Å². The van der Waals surface area contributed by atoms with Gasteiger partial charge in [0.25, 0.3) is 0 Å². The number of hydrogen-bond acceptors (Lipinski definition) is 2. The lowest BCUT2D eigenvalue weighted by Crippen LogP contribution is -2.43. The van der Waals surface area contributed by atoms with Gasteiger partial charge in [-0.2, -0.15) is 0 Å². The minimum Gasteiger partial charge on any atom is -0.307 e. The van der Waals surface area contributed by atoms with Crippen molar-refractivity contribution in [1.82, 2.24) is 10.9 Å². The molecule has 2 rings (SSSR count). The molecular formula is C14H11Cl2N3OS. The number of urea groups is 1. The van der Waals surface area contributed by atoms with E-state index in [1.807, 2.05) is 30.3 Å². The lowest BCUT2D eigenvalue weighted by Gasteiger charge is -2.11. The van der Waals surface area contributed by atoms with Crippen molar-refractivity contribution in [3.8, 4) is 0 Å². The van der Waals surface area contributed by atoms with Crippen molar-refractivity contribution in [1.29, 1.82) is 0 Å². The molecule has 0 heterocycles. The van der Waals surface area contributed by atoms with Gasteiger partial charge in [0.15, 0.2) is 0 Å². The van der Waals surface area contributed by atoms with Crippen LogP contribution >= 0.6 is 35.4 Å². The third-order valence-electron chi connectivity index (χ3n) is 2.50. The molecule has 2 aromatic rings. The van der Waals surface area contributed by atoms with Crippen molar-refractivity contribution in [3.63, 3.8) is 0 Å². The summed E-state index contributed by atoms with van der Waals surface area (Å²) in [4.78, 5) is 12.1. The number of benzene rings is 2. The molecule has 0 fully saturated rings. The molecule has 0 aliphatic rings. The molecule has 0 aromatic heterocycles. The van der Waals surface area contributed by atoms with Gasteiger partial charge in [-0.15, -0.1) is 0 Å². The fourth-order valence-electron chi connectivity index (χ4n) is 1.51. The lowest BCUT2D eigenvalue weighted by molar-refractivity contribution is 0.250. The van der Waals surface area contributed by atoms with E-state index in [-0.39, 0.29) is 0 Å². The zero-order valence-electron chi connectivity index (χ0n) is 10.7. The molecule has 0 atom stereocenters. The van der Waals surface area contributed by atoms with E-state index >= 15 is 0 Å². The highest BCUT2D eigenvalue weighted by atomic mass is 35.5. The van der Waals surface area contributed by atoms with Gasteiger partial charge in [0, 0.05) is 11.3 Å². The number of halogens is 2. The monoisotopic (exact) mass is 339 g/mol. The van der Waals surface area contributed by atoms with Crippen LogP contribution in [-0.2, 0) is 0 Å². The molecule has 4 nitrogen and oxygen atoms in total. The molecule has 0 bridgehead atoms. The van der Waals surface area contributed by atoms with E-state index < -0.39 is 6.03 Å². The molecule has 3 N–H and O–H groups in total. The Balaban J connectivity index is 1.87. The Bertz CT molecular complexity index is 665. The van der Waals surface area contributed by atoms with Crippen LogP contribution in [0.2, 0.25) is 10.0 Å². The summed E-state index contributed by atoms with van der Waals surface area (Å²) in [6.45, 7) is 0. The first-order valence-electron chi connectivity index (χ1n) is 5.93. The van der Waals surface area contributed by atoms with Crippen LogP contribution in [0.4, 0.5) is 10.5 Å². The highest BCUT2D eigenvalue weighted by Gasteiger charge is 2.05. The van der Waals surface area contributed by atoms with Crippen LogP contribution in [0.1, 0.15) is 5.56 Å². The van der Waals surface area contributed by atoms with Gasteiger partial charge in [0.05, 0.1) is 10.0 Å². The average Bonchev–Trinajstić information content (AvgIpc) is 2.49. The molecule has 0 aliphatic heterocycles. The maximum absolute atomic E-state index is 11.7. The van der Waals surface area contributed by atoms with Crippen molar-refractivity contribution in [3.05, 3.63) is 64.1 Å². The number of anilines is 1. The zero-order valence-corrected chi connectivity index (χ0v) is 13.0. The second kappa shape index (κ2) is 7.26. The van der Waals surface area contributed by atoms with Crippen molar-refractivity contribution in [2.45, 2.75) is 0 Å². The molecule has 2 aromatic carbocycles. The summed E-state index contributed by atoms with van der Waals surface area (Å²) in [5.74, 6) is 0. The Morgan fingerprint density at radius 3 is 2.33 bits per heavy atom. The van der Waals surface area contributed by atoms with E-state index in [0.717, 1.165) is 5.56 Å². The van der Waals surface area contributed by atoms with Gasteiger partial charge in [-0.05, 0) is 18.2 Å². The van der Waals surface area contributed by atoms with Gasteiger partial charge in [0.2, 0.25) is 0 Å². The summed E-state index contributed by atoms with van der Waals surface area (Å²) in [5, 5.41) is 3.39. The fourth-order valence-corrected chi connectivity index (χ4v) is 2.00. The predicted molar refractivity (Wildman–Crippen MR) is 89.9 cm³/mol. The quantitative estimate of drug-likeness (QED) is 0.572. The number of hydrazine groups is 1. The second-order valence-electron chi connectivity index (χ2n) is 4.03. The molecule has 0 saturated carbocycles. The SMILES string of the molecule is O=C(NNC(=S)c1ccccc1)Nc1ccc(Cl)c(Cl)c1. The molecule has 0 spiro atoms. The summed E-state index contributed by atoms with van der Waals surface area (Å²) in [6.07, 6.45) is 0. The third-order valence-corrected chi connectivity index (χ3v) is 3.58. The molecule has 0 aliphatic carbocycles. The number of carbonyl (C=O) groups is 1. The van der Waals surface area contributed by atoms with Gasteiger partial charge in [-0.1, -0.05) is 65.8 Å². The number of carbonyl (C=O) groups excluding carboxylic acids is 1. The van der Waals surface area contributed by atoms with Gasteiger partial charge in [-0.25, -0.2) is 4.79 Å². The topological polar surface area (TPSA) is 53.2 Å². The first-order valence-corrected chi connectivity index (χ1v) is 7.10. The van der Waals surface area contributed by atoms with Gasteiger partial charge in [0.1, 0.15) is 4.99 Å². The van der Waals surface area contributed by atoms with Crippen LogP contribution in [0.5, 0.6) is 0 Å². The first-order chi connectivity index (χ1) is 10.1. The summed E-state index contributed by atoms with van der Waals surface area (Å²) in [7, 11) is 0. The summed E-state index contributed by atoms with van der Waals surface area (Å²) < 4.78 is 0. The summed E-state index contributed by atoms with van der Waals surface area (Å²) >= 11 is 16.8. The lowest BCUT2D eigenvalue weighted by atomic mass is 10.2. The second-order valence-corrected chi connectivity index (χ2v) is 5.25. The number of nitrogens with one attached hydrogen (secondary N) is 3. The van der Waals surface area contributed by atoms with Crippen LogP contribution in [0.3, 0.4) is 0 Å². The Morgan fingerprint density at radius 1 is 0.952 bits per heavy atom. The Hall–Kier alpha value is -1.82. The number of hydrogen-bond donors (Lipinski definition) is 3. The van der Waals surface area contributed by atoms with E-state index in [9.17, 15) is 4.79 Å². The Labute approximate surface area is 137 Å². The zero-order chi connectivity index (χ0) is 15.2. The Morgan fingerprint density at radius 2 is 1.67 bits per heavy atom. The van der Waals surface area contributed by atoms with Crippen molar-refractivity contribution in [2.75, 3.05) is 5.32 Å². The number of rotatable bonds is 2. The smallest absolute Gasteiger partial charge is 0.307 e. The van der Waals surface area contributed by atoms with Crippen molar-refractivity contribution in [2.24, 2.45) is 0 Å². The number of thiocarbonyl (C=S) groups is 1. The minimum atomic E-state index is -0.466. The van der Waals surface area contributed by atoms with E-state index in [2.05, 4.69) is 16.2 Å². The molecule has 108 valence electrons. The van der Waals surface area contributed by atoms with Crippen LogP contribution in [0.15, 0.2) is 48.5 Å². The van der Waals surface area contributed by atoms with Crippen LogP contribution in [0.25, 0.3) is 0 Å². The van der Waals surface area contributed by atoms with E-state index in [4.69, 9.17) is 35.4 Å². The van der Waals surface area contributed by atoms with E-state index in [1.165, 1.54) is 0 Å². The van der Waals surface area contributed by atoms with E-state index in [0.29, 0.717) is 20.7 Å². The average molecular weight is 340 g/mol. The van der Waals surface area contributed by atoms with Gasteiger partial charge in [-0.3, -0.25) is 10.9 Å². The Kier molecular flexibility index (Phi) is 5.38. The molecule has 0 unspecified atom stereocenters. The maximum atomic E-state index is 11.7. The van der Waals surface area contributed by atoms with Crippen molar-refractivity contribution >= 4 is 52.1 Å². The molecule has 0 saturated heterocycles. The highest BCUT2D eigenvalue weighted by molar-refractivity contribution is 7.80. The van der Waals surface area contributed by atoms with Crippen molar-refractivity contribution < 1.29 is 4.79 Å². The van der Waals surface area contributed by atoms with Crippen LogP contribution in [-0.4, -0.2) is 11.0 Å². The molecule has 21 heavy (non-hydrogen) atoms. The van der Waals surface area contributed by atoms with E-state index in [1.54, 1.807) is 18.2 Å². The normalized spacial score (nSPS) is 9.81. The predicted octanol–water partition coefficient (Wildman–Crippen LogP) is 4.00. The third kappa shape index (κ3) is 4.60. The summed E-state index contributed by atoms with van der Waals surface area (Å²) in [5.41, 5.74) is 6.43. The summed E-state index contributed by atoms with van der Waals surface area (Å²) in [6, 6.07) is 13.6. The number of amides is 2. The minimum absolute atomic E-state index is 0.363. The molecule has 7 heteroatoms. The largest absolute Gasteiger partial charge is 0.337 e. The first kappa shape index (κ1) is 15.6. The standard InChI is InChI=1S/C14H11Cl2N3OS/c15-11-7-6-10(8-12(11)16)17-14(20)19-18-13(21)9-4-2-1-3-5-9/h1-8H,(H,18,21)(H2,17,19,20). The molecule has 0 radical (unpaired) electrons. The maximum Gasteiger partial charge on any atom is 0.337 e.